The number of rotatable bonds is 1. The Balaban J connectivity index is 2.52. The van der Waals surface area contributed by atoms with E-state index < -0.39 is 0 Å². The van der Waals surface area contributed by atoms with E-state index in [4.69, 9.17) is 11.8 Å². The summed E-state index contributed by atoms with van der Waals surface area (Å²) in [6.45, 7) is 0. The van der Waals surface area contributed by atoms with Crippen LogP contribution in [0.2, 0.25) is 0 Å². The summed E-state index contributed by atoms with van der Waals surface area (Å²) in [4.78, 5) is 10.0. The summed E-state index contributed by atoms with van der Waals surface area (Å²) in [5.41, 5.74) is 0. The maximum atomic E-state index is 10.0. The maximum absolute atomic E-state index is 10.0. The maximum Gasteiger partial charge on any atom is 0.143 e. The lowest BCUT2D eigenvalue weighted by molar-refractivity contribution is -0.109. The molecule has 0 saturated carbocycles. The largest absolute Gasteiger partial charge is 0.301 e. The first-order chi connectivity index (χ1) is 3.84. The molecule has 1 atom stereocenters. The standard InChI is InChI=1S/C4H4ClNOS/c5-6-4(3-7)1-2-8-6/h1-4H. The monoisotopic (exact) mass is 149 g/mol. The lowest BCUT2D eigenvalue weighted by Gasteiger charge is -2.05. The molecular formula is C4H4ClNOS. The van der Waals surface area contributed by atoms with Gasteiger partial charge in [0.05, 0.1) is 0 Å². The highest BCUT2D eigenvalue weighted by Crippen LogP contribution is 2.24. The predicted octanol–water partition coefficient (Wildman–Crippen LogP) is 1.19. The van der Waals surface area contributed by atoms with Crippen LogP contribution in [0, 0.1) is 0 Å². The molecule has 0 N–H and O–H groups in total. The van der Waals surface area contributed by atoms with Crippen LogP contribution in [0.25, 0.3) is 0 Å². The summed E-state index contributed by atoms with van der Waals surface area (Å²) in [5.74, 6) is 0. The zero-order valence-electron chi connectivity index (χ0n) is 3.95. The van der Waals surface area contributed by atoms with Crippen molar-refractivity contribution in [3.63, 3.8) is 0 Å². The van der Waals surface area contributed by atoms with Crippen LogP contribution in [-0.4, -0.2) is 16.2 Å². The van der Waals surface area contributed by atoms with Crippen molar-refractivity contribution < 1.29 is 4.79 Å². The fraction of sp³-hybridized carbons (Fsp3) is 0.250. The molecule has 0 aromatic rings. The summed E-state index contributed by atoms with van der Waals surface area (Å²) in [7, 11) is 0. The van der Waals surface area contributed by atoms with Gasteiger partial charge in [-0.2, -0.15) is 0 Å². The van der Waals surface area contributed by atoms with Gasteiger partial charge in [0.25, 0.3) is 0 Å². The number of hydrogen-bond donors (Lipinski definition) is 0. The zero-order chi connectivity index (χ0) is 5.98. The lowest BCUT2D eigenvalue weighted by atomic mass is 10.4. The predicted molar refractivity (Wildman–Crippen MR) is 34.3 cm³/mol. The molecule has 4 heteroatoms. The van der Waals surface area contributed by atoms with Gasteiger partial charge < -0.3 is 4.79 Å². The second kappa shape index (κ2) is 2.53. The Morgan fingerprint density at radius 2 is 2.62 bits per heavy atom. The highest BCUT2D eigenvalue weighted by Gasteiger charge is 2.16. The Bertz CT molecular complexity index is 127. The second-order valence-electron chi connectivity index (χ2n) is 1.33. The van der Waals surface area contributed by atoms with Crippen LogP contribution >= 0.6 is 23.7 Å². The smallest absolute Gasteiger partial charge is 0.143 e. The van der Waals surface area contributed by atoms with Gasteiger partial charge in [-0.15, -0.1) is 3.82 Å². The third kappa shape index (κ3) is 1.05. The Morgan fingerprint density at radius 3 is 2.88 bits per heavy atom. The molecule has 0 fully saturated rings. The minimum absolute atomic E-state index is 0.235. The summed E-state index contributed by atoms with van der Waals surface area (Å²) in [6, 6.07) is -0.235. The van der Waals surface area contributed by atoms with E-state index in [1.54, 1.807) is 11.5 Å². The van der Waals surface area contributed by atoms with Crippen molar-refractivity contribution in [1.29, 1.82) is 0 Å². The summed E-state index contributed by atoms with van der Waals surface area (Å²) < 4.78 is 1.37. The topological polar surface area (TPSA) is 20.3 Å². The van der Waals surface area contributed by atoms with E-state index in [0.29, 0.717) is 0 Å². The number of nitrogens with zero attached hydrogens (tertiary/aromatic N) is 1. The van der Waals surface area contributed by atoms with Crippen molar-refractivity contribution in [3.05, 3.63) is 11.5 Å². The molecule has 2 nitrogen and oxygen atoms in total. The van der Waals surface area contributed by atoms with Crippen molar-refractivity contribution in [1.82, 2.24) is 3.82 Å². The van der Waals surface area contributed by atoms with Crippen molar-refractivity contribution >= 4 is 30.0 Å². The van der Waals surface area contributed by atoms with E-state index in [9.17, 15) is 4.79 Å². The molecule has 0 saturated heterocycles. The van der Waals surface area contributed by atoms with Crippen molar-refractivity contribution in [3.8, 4) is 0 Å². The molecule has 1 unspecified atom stereocenters. The van der Waals surface area contributed by atoms with Gasteiger partial charge in [0.2, 0.25) is 0 Å². The minimum atomic E-state index is -0.235. The fourth-order valence-corrected chi connectivity index (χ4v) is 1.26. The molecule has 0 bridgehead atoms. The Morgan fingerprint density at radius 1 is 1.88 bits per heavy atom. The van der Waals surface area contributed by atoms with Crippen molar-refractivity contribution in [2.24, 2.45) is 0 Å². The van der Waals surface area contributed by atoms with Crippen LogP contribution < -0.4 is 0 Å². The molecule has 0 spiro atoms. The van der Waals surface area contributed by atoms with Gasteiger partial charge in [0.1, 0.15) is 12.3 Å². The Labute approximate surface area is 56.7 Å². The molecule has 44 valence electrons. The number of carbonyl (C=O) groups excluding carboxylic acids is 1. The van der Waals surface area contributed by atoms with Gasteiger partial charge in [-0.05, 0) is 29.1 Å². The van der Waals surface area contributed by atoms with E-state index in [0.717, 1.165) is 6.29 Å². The first kappa shape index (κ1) is 6.13. The van der Waals surface area contributed by atoms with Gasteiger partial charge in [-0.3, -0.25) is 0 Å². The quantitative estimate of drug-likeness (QED) is 0.317. The van der Waals surface area contributed by atoms with Crippen LogP contribution in [0.4, 0.5) is 0 Å². The normalized spacial score (nSPS) is 28.9. The molecule has 1 heterocycles. The van der Waals surface area contributed by atoms with Gasteiger partial charge in [-0.1, -0.05) is 6.08 Å². The SMILES string of the molecule is O=CC1C=CSN1Cl. The second-order valence-corrected chi connectivity index (χ2v) is 2.77. The van der Waals surface area contributed by atoms with Gasteiger partial charge in [0, 0.05) is 0 Å². The summed E-state index contributed by atoms with van der Waals surface area (Å²) in [6.07, 6.45) is 2.54. The molecule has 1 aliphatic heterocycles. The third-order valence-corrected chi connectivity index (χ3v) is 2.00. The first-order valence-electron chi connectivity index (χ1n) is 2.08. The lowest BCUT2D eigenvalue weighted by Crippen LogP contribution is -2.15. The molecule has 0 radical (unpaired) electrons. The van der Waals surface area contributed by atoms with Gasteiger partial charge >= 0.3 is 0 Å². The minimum Gasteiger partial charge on any atom is -0.301 e. The summed E-state index contributed by atoms with van der Waals surface area (Å²) in [5, 5.41) is 1.78. The third-order valence-electron chi connectivity index (χ3n) is 0.811. The average molecular weight is 150 g/mol. The van der Waals surface area contributed by atoms with E-state index in [1.807, 2.05) is 0 Å². The molecule has 1 aliphatic rings. The van der Waals surface area contributed by atoms with E-state index in [1.165, 1.54) is 15.8 Å². The number of aldehydes is 1. The van der Waals surface area contributed by atoms with Gasteiger partial charge in [0.15, 0.2) is 0 Å². The van der Waals surface area contributed by atoms with E-state index in [2.05, 4.69) is 0 Å². The van der Waals surface area contributed by atoms with Crippen molar-refractivity contribution in [2.75, 3.05) is 0 Å². The van der Waals surface area contributed by atoms with Crippen LogP contribution in [0.15, 0.2) is 11.5 Å². The fourth-order valence-electron chi connectivity index (χ4n) is 0.405. The number of carbonyl (C=O) groups is 1. The summed E-state index contributed by atoms with van der Waals surface area (Å²) >= 11 is 6.80. The zero-order valence-corrected chi connectivity index (χ0v) is 5.52. The van der Waals surface area contributed by atoms with Crippen LogP contribution in [0.5, 0.6) is 0 Å². The van der Waals surface area contributed by atoms with Gasteiger partial charge in [-0.25, -0.2) is 0 Å². The van der Waals surface area contributed by atoms with Crippen LogP contribution in [0.1, 0.15) is 0 Å². The first-order valence-corrected chi connectivity index (χ1v) is 3.26. The molecule has 0 aliphatic carbocycles. The van der Waals surface area contributed by atoms with E-state index in [-0.39, 0.29) is 6.04 Å². The number of halogens is 1. The van der Waals surface area contributed by atoms with Crippen LogP contribution in [-0.2, 0) is 4.79 Å². The molecule has 0 aromatic carbocycles. The highest BCUT2D eigenvalue weighted by molar-refractivity contribution is 8.01. The Kier molecular flexibility index (Phi) is 1.94. The molecule has 0 aromatic heterocycles. The van der Waals surface area contributed by atoms with E-state index >= 15 is 0 Å². The molecular weight excluding hydrogens is 146 g/mol. The highest BCUT2D eigenvalue weighted by atomic mass is 35.5. The Hall–Kier alpha value is 0.01000. The molecule has 1 rings (SSSR count). The average Bonchev–Trinajstić information content (AvgIpc) is 2.14. The van der Waals surface area contributed by atoms with Crippen molar-refractivity contribution in [2.45, 2.75) is 6.04 Å². The number of hydrogen-bond acceptors (Lipinski definition) is 3. The molecule has 0 amide bonds. The molecule has 8 heavy (non-hydrogen) atoms. The van der Waals surface area contributed by atoms with Crippen LogP contribution in [0.3, 0.4) is 0 Å².